The molecule has 1 aromatic carbocycles. The Kier molecular flexibility index (Phi) is 2.46. The van der Waals surface area contributed by atoms with Gasteiger partial charge in [0.25, 0.3) is 0 Å². The number of aryl methyl sites for hydroxylation is 2. The molecule has 0 atom stereocenters. The van der Waals surface area contributed by atoms with Crippen LogP contribution in [0.1, 0.15) is 5.56 Å². The molecule has 72 valence electrons. The molecular weight excluding hydrogens is 238 g/mol. The Bertz CT molecular complexity index is 457. The van der Waals surface area contributed by atoms with Crippen LogP contribution in [0.4, 0.5) is 0 Å². The van der Waals surface area contributed by atoms with E-state index in [4.69, 9.17) is 0 Å². The van der Waals surface area contributed by atoms with Crippen molar-refractivity contribution in [2.24, 2.45) is 7.05 Å². The van der Waals surface area contributed by atoms with Crippen LogP contribution < -0.4 is 0 Å². The average Bonchev–Trinajstić information content (AvgIpc) is 2.52. The smallest absolute Gasteiger partial charge is 0.0480 e. The van der Waals surface area contributed by atoms with Crippen LogP contribution in [0.2, 0.25) is 0 Å². The number of benzene rings is 1. The van der Waals surface area contributed by atoms with E-state index in [0.717, 1.165) is 4.47 Å². The van der Waals surface area contributed by atoms with Crippen molar-refractivity contribution in [1.82, 2.24) is 4.57 Å². The lowest BCUT2D eigenvalue weighted by Crippen LogP contribution is -1.91. The number of hydrogen-bond acceptors (Lipinski definition) is 0. The van der Waals surface area contributed by atoms with Crippen LogP contribution in [0, 0.1) is 6.92 Å². The second kappa shape index (κ2) is 3.62. The van der Waals surface area contributed by atoms with Crippen molar-refractivity contribution < 1.29 is 0 Å². The minimum Gasteiger partial charge on any atom is -0.351 e. The molecule has 0 aliphatic carbocycles. The van der Waals surface area contributed by atoms with Crippen LogP contribution in [0.3, 0.4) is 0 Å². The van der Waals surface area contributed by atoms with Crippen molar-refractivity contribution in [2.75, 3.05) is 0 Å². The summed E-state index contributed by atoms with van der Waals surface area (Å²) in [5.74, 6) is 0. The quantitative estimate of drug-likeness (QED) is 0.726. The van der Waals surface area contributed by atoms with Crippen LogP contribution in [0.5, 0.6) is 0 Å². The fourth-order valence-electron chi connectivity index (χ4n) is 1.66. The maximum absolute atomic E-state index is 3.47. The Morgan fingerprint density at radius 1 is 1.21 bits per heavy atom. The first-order valence-electron chi connectivity index (χ1n) is 4.56. The molecule has 2 aromatic rings. The maximum Gasteiger partial charge on any atom is 0.0480 e. The molecule has 0 aliphatic rings. The second-order valence-electron chi connectivity index (χ2n) is 3.46. The summed E-state index contributed by atoms with van der Waals surface area (Å²) in [7, 11) is 2.07. The van der Waals surface area contributed by atoms with Gasteiger partial charge in [-0.05, 0) is 36.8 Å². The number of halogens is 1. The monoisotopic (exact) mass is 249 g/mol. The van der Waals surface area contributed by atoms with Crippen molar-refractivity contribution >= 4 is 15.9 Å². The maximum atomic E-state index is 3.47. The van der Waals surface area contributed by atoms with E-state index in [2.05, 4.69) is 71.0 Å². The molecule has 2 heteroatoms. The summed E-state index contributed by atoms with van der Waals surface area (Å²) >= 11 is 3.47. The van der Waals surface area contributed by atoms with Crippen LogP contribution >= 0.6 is 15.9 Å². The molecule has 1 heterocycles. The SMILES string of the molecule is Cc1cc(Br)ccc1-c1cccn1C. The summed E-state index contributed by atoms with van der Waals surface area (Å²) in [6.07, 6.45) is 2.07. The zero-order chi connectivity index (χ0) is 10.1. The van der Waals surface area contributed by atoms with E-state index < -0.39 is 0 Å². The van der Waals surface area contributed by atoms with E-state index in [1.54, 1.807) is 0 Å². The van der Waals surface area contributed by atoms with E-state index in [0.29, 0.717) is 0 Å². The zero-order valence-corrected chi connectivity index (χ0v) is 9.88. The Hall–Kier alpha value is -1.02. The summed E-state index contributed by atoms with van der Waals surface area (Å²) in [5, 5.41) is 0. The van der Waals surface area contributed by atoms with Crippen molar-refractivity contribution in [2.45, 2.75) is 6.92 Å². The van der Waals surface area contributed by atoms with Gasteiger partial charge in [-0.1, -0.05) is 22.0 Å². The van der Waals surface area contributed by atoms with Crippen molar-refractivity contribution in [3.63, 3.8) is 0 Å². The molecule has 0 saturated heterocycles. The van der Waals surface area contributed by atoms with Crippen LogP contribution in [0.25, 0.3) is 11.3 Å². The predicted molar refractivity (Wildman–Crippen MR) is 63.3 cm³/mol. The minimum atomic E-state index is 1.13. The average molecular weight is 250 g/mol. The van der Waals surface area contributed by atoms with Crippen LogP contribution in [0.15, 0.2) is 41.0 Å². The molecule has 1 aromatic heterocycles. The van der Waals surface area contributed by atoms with Crippen LogP contribution in [-0.2, 0) is 7.05 Å². The summed E-state index contributed by atoms with van der Waals surface area (Å²) < 4.78 is 3.27. The molecule has 0 unspecified atom stereocenters. The highest BCUT2D eigenvalue weighted by molar-refractivity contribution is 9.10. The number of nitrogens with zero attached hydrogens (tertiary/aromatic N) is 1. The van der Waals surface area contributed by atoms with Gasteiger partial charge in [-0.15, -0.1) is 0 Å². The normalized spacial score (nSPS) is 10.5. The summed E-state index contributed by atoms with van der Waals surface area (Å²) in [5.41, 5.74) is 3.84. The first-order valence-corrected chi connectivity index (χ1v) is 5.35. The third kappa shape index (κ3) is 1.62. The van der Waals surface area contributed by atoms with E-state index in [1.807, 2.05) is 0 Å². The fourth-order valence-corrected chi connectivity index (χ4v) is 2.13. The van der Waals surface area contributed by atoms with Gasteiger partial charge >= 0.3 is 0 Å². The largest absolute Gasteiger partial charge is 0.351 e. The van der Waals surface area contributed by atoms with Gasteiger partial charge in [-0.3, -0.25) is 0 Å². The Morgan fingerprint density at radius 2 is 2.00 bits per heavy atom. The highest BCUT2D eigenvalue weighted by Gasteiger charge is 2.04. The lowest BCUT2D eigenvalue weighted by molar-refractivity contribution is 0.936. The molecule has 0 amide bonds. The fraction of sp³-hybridized carbons (Fsp3) is 0.167. The Labute approximate surface area is 92.5 Å². The van der Waals surface area contributed by atoms with Gasteiger partial charge in [0.1, 0.15) is 0 Å². The Balaban J connectivity index is 2.58. The van der Waals surface area contributed by atoms with Crippen LogP contribution in [-0.4, -0.2) is 4.57 Å². The van der Waals surface area contributed by atoms with E-state index >= 15 is 0 Å². The zero-order valence-electron chi connectivity index (χ0n) is 8.29. The molecule has 0 spiro atoms. The highest BCUT2D eigenvalue weighted by atomic mass is 79.9. The molecule has 1 nitrogen and oxygen atoms in total. The first kappa shape index (κ1) is 9.53. The number of aromatic nitrogens is 1. The van der Waals surface area contributed by atoms with Crippen molar-refractivity contribution in [3.05, 3.63) is 46.6 Å². The molecule has 0 radical (unpaired) electrons. The molecule has 0 aliphatic heterocycles. The molecule has 0 N–H and O–H groups in total. The van der Waals surface area contributed by atoms with E-state index in [9.17, 15) is 0 Å². The molecular formula is C12H12BrN. The Morgan fingerprint density at radius 3 is 2.57 bits per heavy atom. The van der Waals surface area contributed by atoms with Gasteiger partial charge in [0.05, 0.1) is 0 Å². The molecule has 0 saturated carbocycles. The van der Waals surface area contributed by atoms with Gasteiger partial charge in [0.15, 0.2) is 0 Å². The van der Waals surface area contributed by atoms with Crippen molar-refractivity contribution in [3.8, 4) is 11.3 Å². The predicted octanol–water partition coefficient (Wildman–Crippen LogP) is 3.76. The van der Waals surface area contributed by atoms with Gasteiger partial charge < -0.3 is 4.57 Å². The van der Waals surface area contributed by atoms with Gasteiger partial charge in [-0.2, -0.15) is 0 Å². The molecule has 2 rings (SSSR count). The molecule has 0 fully saturated rings. The third-order valence-corrected chi connectivity index (χ3v) is 2.90. The summed E-state index contributed by atoms with van der Waals surface area (Å²) in [4.78, 5) is 0. The van der Waals surface area contributed by atoms with E-state index in [-0.39, 0.29) is 0 Å². The van der Waals surface area contributed by atoms with Crippen molar-refractivity contribution in [1.29, 1.82) is 0 Å². The van der Waals surface area contributed by atoms with Gasteiger partial charge in [-0.25, -0.2) is 0 Å². The van der Waals surface area contributed by atoms with Gasteiger partial charge in [0.2, 0.25) is 0 Å². The standard InChI is InChI=1S/C12H12BrN/c1-9-8-10(13)5-6-11(9)12-4-3-7-14(12)2/h3-8H,1-2H3. The van der Waals surface area contributed by atoms with E-state index in [1.165, 1.54) is 16.8 Å². The summed E-state index contributed by atoms with van der Waals surface area (Å²) in [6, 6.07) is 10.6. The number of hydrogen-bond donors (Lipinski definition) is 0. The number of rotatable bonds is 1. The lowest BCUT2D eigenvalue weighted by Gasteiger charge is -2.07. The topological polar surface area (TPSA) is 4.93 Å². The second-order valence-corrected chi connectivity index (χ2v) is 4.38. The summed E-state index contributed by atoms with van der Waals surface area (Å²) in [6.45, 7) is 2.13. The van der Waals surface area contributed by atoms with Gasteiger partial charge in [0, 0.05) is 29.0 Å². The third-order valence-electron chi connectivity index (χ3n) is 2.41. The minimum absolute atomic E-state index is 1.13. The molecule has 0 bridgehead atoms. The molecule has 14 heavy (non-hydrogen) atoms. The highest BCUT2D eigenvalue weighted by Crippen LogP contribution is 2.25. The first-order chi connectivity index (χ1) is 6.68. The lowest BCUT2D eigenvalue weighted by atomic mass is 10.1.